The molecule has 0 aliphatic carbocycles. The van der Waals surface area contributed by atoms with Crippen LogP contribution in [0.2, 0.25) is 0 Å². The smallest absolute Gasteiger partial charge is 0.245 e. The van der Waals surface area contributed by atoms with E-state index in [0.717, 1.165) is 19.3 Å². The quantitative estimate of drug-likeness (QED) is 0.0225. The van der Waals surface area contributed by atoms with Crippen molar-refractivity contribution in [2.75, 3.05) is 13.1 Å². The largest absolute Gasteiger partial charge is 0.391 e. The van der Waals surface area contributed by atoms with Gasteiger partial charge in [0.1, 0.15) is 24.2 Å². The molecule has 0 aromatic heterocycles. The van der Waals surface area contributed by atoms with Gasteiger partial charge in [0, 0.05) is 32.5 Å². The molecule has 3 unspecified atom stereocenters. The van der Waals surface area contributed by atoms with Crippen molar-refractivity contribution in [3.05, 3.63) is 0 Å². The van der Waals surface area contributed by atoms with Crippen LogP contribution in [0, 0.1) is 5.92 Å². The van der Waals surface area contributed by atoms with Crippen molar-refractivity contribution in [2.24, 2.45) is 33.8 Å². The monoisotopic (exact) mass is 770 g/mol. The van der Waals surface area contributed by atoms with Crippen LogP contribution in [0.5, 0.6) is 0 Å². The van der Waals surface area contributed by atoms with Gasteiger partial charge in [0.05, 0.1) is 12.1 Å². The first-order chi connectivity index (χ1) is 25.4. The highest BCUT2D eigenvalue weighted by molar-refractivity contribution is 5.94. The lowest BCUT2D eigenvalue weighted by Crippen LogP contribution is -2.60. The number of nitrogens with zero attached hydrogens (tertiary/aromatic N) is 1. The van der Waals surface area contributed by atoms with Crippen molar-refractivity contribution in [3.63, 3.8) is 0 Å². The van der Waals surface area contributed by atoms with Gasteiger partial charge in [0.2, 0.25) is 41.4 Å². The van der Waals surface area contributed by atoms with Gasteiger partial charge in [0.25, 0.3) is 0 Å². The molecule has 0 aromatic carbocycles. The molecule has 0 saturated heterocycles. The summed E-state index contributed by atoms with van der Waals surface area (Å²) in [6.07, 6.45) is 3.31. The number of guanidine groups is 1. The lowest BCUT2D eigenvalue weighted by molar-refractivity contribution is -0.134. The van der Waals surface area contributed by atoms with Gasteiger partial charge in [-0.05, 0) is 44.9 Å². The Balaban J connectivity index is 6.07. The molecule has 54 heavy (non-hydrogen) atoms. The van der Waals surface area contributed by atoms with Crippen LogP contribution in [0.1, 0.15) is 112 Å². The Morgan fingerprint density at radius 2 is 1.20 bits per heavy atom. The Morgan fingerprint density at radius 3 is 1.72 bits per heavy atom. The SMILES string of the molecule is CCCCC(CN[C@@H](CCCC)C(=O)N[C@@H](CCC(N)=O)C(=O)N[C@@H](CCCN=C(N)N)C(N)=O)NC(=O)[C@@H](NC(=O)[C@@H](NC(C)=O)C(C)O)C(C)CC. The van der Waals surface area contributed by atoms with Crippen molar-refractivity contribution < 1.29 is 38.7 Å². The van der Waals surface area contributed by atoms with E-state index in [1.54, 1.807) is 6.92 Å². The molecule has 0 heterocycles. The maximum atomic E-state index is 13.7. The number of primary amides is 2. The minimum Gasteiger partial charge on any atom is -0.391 e. The molecule has 19 heteroatoms. The van der Waals surface area contributed by atoms with Crippen LogP contribution in [0.3, 0.4) is 0 Å². The number of unbranched alkanes of at least 4 members (excludes halogenated alkanes) is 2. The normalized spacial score (nSPS) is 15.5. The number of amides is 7. The summed E-state index contributed by atoms with van der Waals surface area (Å²) in [5.74, 6) is -4.88. The molecule has 310 valence electrons. The fraction of sp³-hybridized carbons (Fsp3) is 0.771. The Hall–Kier alpha value is -4.52. The van der Waals surface area contributed by atoms with Crippen LogP contribution in [-0.2, 0) is 33.6 Å². The van der Waals surface area contributed by atoms with Crippen LogP contribution in [0.25, 0.3) is 0 Å². The van der Waals surface area contributed by atoms with Crippen LogP contribution < -0.4 is 54.8 Å². The molecule has 0 rings (SSSR count). The standard InChI is InChI=1S/C35H67N11O8/c1-7-10-13-23(43-33(53)28(20(4)9-3)46-34(54)29(21(5)47)42-22(6)48)19-41-25(14-11-8-2)31(51)45-26(16-17-27(36)49)32(52)44-24(30(37)50)15-12-18-40-35(38)39/h20-21,23-26,28-29,41,47H,7-19H2,1-6H3,(H2,36,49)(H2,37,50)(H,42,48)(H,43,53)(H,44,52)(H,45,51)(H,46,54)(H4,38,39,40)/t20?,21?,23?,24-,25-,26-,28-,29-/m0/s1. The van der Waals surface area contributed by atoms with E-state index in [0.29, 0.717) is 32.1 Å². The maximum Gasteiger partial charge on any atom is 0.245 e. The Kier molecular flexibility index (Phi) is 24.9. The second kappa shape index (κ2) is 27.1. The average Bonchev–Trinajstić information content (AvgIpc) is 3.09. The number of carbonyl (C=O) groups is 7. The van der Waals surface area contributed by atoms with E-state index in [9.17, 15) is 38.7 Å². The number of aliphatic imine (C=N–C) groups is 1. The summed E-state index contributed by atoms with van der Waals surface area (Å²) < 4.78 is 0. The summed E-state index contributed by atoms with van der Waals surface area (Å²) in [7, 11) is 0. The zero-order chi connectivity index (χ0) is 41.4. The van der Waals surface area contributed by atoms with E-state index in [-0.39, 0.29) is 44.2 Å². The molecule has 0 aliphatic heterocycles. The molecular formula is C35H67N11O8. The second-order valence-corrected chi connectivity index (χ2v) is 13.7. The number of nitrogens with two attached hydrogens (primary N) is 4. The number of nitrogens with one attached hydrogen (secondary N) is 6. The number of hydrogen-bond donors (Lipinski definition) is 11. The molecule has 0 saturated carbocycles. The van der Waals surface area contributed by atoms with Gasteiger partial charge in [-0.15, -0.1) is 0 Å². The highest BCUT2D eigenvalue weighted by atomic mass is 16.3. The summed E-state index contributed by atoms with van der Waals surface area (Å²) in [6.45, 7) is 10.6. The van der Waals surface area contributed by atoms with Crippen LogP contribution >= 0.6 is 0 Å². The highest BCUT2D eigenvalue weighted by Gasteiger charge is 2.33. The minimum absolute atomic E-state index is 0.123. The van der Waals surface area contributed by atoms with Crippen molar-refractivity contribution in [1.82, 2.24) is 31.9 Å². The number of aliphatic hydroxyl groups excluding tert-OH is 1. The van der Waals surface area contributed by atoms with Crippen LogP contribution in [0.4, 0.5) is 0 Å². The molecule has 0 bridgehead atoms. The molecule has 0 fully saturated rings. The molecule has 0 spiro atoms. The first kappa shape index (κ1) is 49.5. The summed E-state index contributed by atoms with van der Waals surface area (Å²) in [6, 6.07) is -5.84. The minimum atomic E-state index is -1.26. The number of hydrogen-bond acceptors (Lipinski definition) is 10. The average molecular weight is 770 g/mol. The fourth-order valence-electron chi connectivity index (χ4n) is 5.44. The van der Waals surface area contributed by atoms with Crippen molar-refractivity contribution in [3.8, 4) is 0 Å². The first-order valence-electron chi connectivity index (χ1n) is 18.9. The van der Waals surface area contributed by atoms with Crippen molar-refractivity contribution in [2.45, 2.75) is 155 Å². The van der Waals surface area contributed by atoms with Gasteiger partial charge >= 0.3 is 0 Å². The molecule has 0 radical (unpaired) electrons. The van der Waals surface area contributed by atoms with Gasteiger partial charge < -0.3 is 59.9 Å². The van der Waals surface area contributed by atoms with E-state index in [1.807, 2.05) is 20.8 Å². The van der Waals surface area contributed by atoms with E-state index in [1.165, 1.54) is 13.8 Å². The predicted molar refractivity (Wildman–Crippen MR) is 205 cm³/mol. The van der Waals surface area contributed by atoms with Crippen molar-refractivity contribution in [1.29, 1.82) is 0 Å². The molecule has 19 nitrogen and oxygen atoms in total. The third kappa shape index (κ3) is 20.6. The summed E-state index contributed by atoms with van der Waals surface area (Å²) >= 11 is 0. The molecule has 0 aliphatic rings. The zero-order valence-electron chi connectivity index (χ0n) is 32.9. The fourth-order valence-corrected chi connectivity index (χ4v) is 5.44. The van der Waals surface area contributed by atoms with E-state index in [4.69, 9.17) is 22.9 Å². The molecule has 8 atom stereocenters. The summed E-state index contributed by atoms with van der Waals surface area (Å²) in [4.78, 5) is 93.1. The van der Waals surface area contributed by atoms with E-state index < -0.39 is 83.7 Å². The number of rotatable bonds is 29. The molecule has 7 amide bonds. The summed E-state index contributed by atoms with van der Waals surface area (Å²) in [5.41, 5.74) is 21.5. The van der Waals surface area contributed by atoms with Gasteiger partial charge in [-0.1, -0.05) is 59.8 Å². The highest BCUT2D eigenvalue weighted by Crippen LogP contribution is 2.12. The summed E-state index contributed by atoms with van der Waals surface area (Å²) in [5, 5.41) is 26.7. The lowest BCUT2D eigenvalue weighted by Gasteiger charge is -2.30. The van der Waals surface area contributed by atoms with Crippen LogP contribution in [0.15, 0.2) is 4.99 Å². The van der Waals surface area contributed by atoms with Gasteiger partial charge in [-0.2, -0.15) is 0 Å². The zero-order valence-corrected chi connectivity index (χ0v) is 32.9. The Bertz CT molecular complexity index is 1250. The lowest BCUT2D eigenvalue weighted by atomic mass is 9.96. The first-order valence-corrected chi connectivity index (χ1v) is 18.9. The molecule has 0 aromatic rings. The second-order valence-electron chi connectivity index (χ2n) is 13.7. The van der Waals surface area contributed by atoms with E-state index >= 15 is 0 Å². The van der Waals surface area contributed by atoms with Crippen LogP contribution in [-0.4, -0.2) is 108 Å². The van der Waals surface area contributed by atoms with Gasteiger partial charge in [-0.3, -0.25) is 38.6 Å². The van der Waals surface area contributed by atoms with E-state index in [2.05, 4.69) is 36.9 Å². The predicted octanol–water partition coefficient (Wildman–Crippen LogP) is -2.00. The third-order valence-electron chi connectivity index (χ3n) is 8.86. The Labute approximate surface area is 319 Å². The maximum absolute atomic E-state index is 13.7. The number of carbonyl (C=O) groups excluding carboxylic acids is 7. The molecular weight excluding hydrogens is 702 g/mol. The van der Waals surface area contributed by atoms with Gasteiger partial charge in [0.15, 0.2) is 5.96 Å². The Morgan fingerprint density at radius 1 is 0.648 bits per heavy atom. The van der Waals surface area contributed by atoms with Gasteiger partial charge in [-0.25, -0.2) is 0 Å². The number of aliphatic hydroxyl groups is 1. The third-order valence-corrected chi connectivity index (χ3v) is 8.86. The van der Waals surface area contributed by atoms with Crippen molar-refractivity contribution >= 4 is 47.3 Å². The topological polar surface area (TPSA) is 328 Å². The molecule has 15 N–H and O–H groups in total.